The van der Waals surface area contributed by atoms with Gasteiger partial charge in [0.2, 0.25) is 10.0 Å². The lowest BCUT2D eigenvalue weighted by Gasteiger charge is -2.28. The van der Waals surface area contributed by atoms with Gasteiger partial charge in [-0.25, -0.2) is 8.42 Å². The summed E-state index contributed by atoms with van der Waals surface area (Å²) in [6, 6.07) is 17.4. The standard InChI is InChI=1S/C20H28N2O3S.C2H6/c1-16(2)14-22(26(24,25)18-11-7-4-8-12-18)15-20(23)19(21)13-17-9-5-3-6-10-17;1-2/h3-12,16,19-20,23H,13-15,21H2,1-2H3;1-2H3. The zero-order chi connectivity index (χ0) is 21.2. The fraction of sp³-hybridized carbons (Fsp3) is 0.455. The van der Waals surface area contributed by atoms with Crippen LogP contribution in [0, 0.1) is 5.92 Å². The first-order valence-corrected chi connectivity index (χ1v) is 11.3. The van der Waals surface area contributed by atoms with Gasteiger partial charge < -0.3 is 10.8 Å². The summed E-state index contributed by atoms with van der Waals surface area (Å²) >= 11 is 0. The lowest BCUT2D eigenvalue weighted by atomic mass is 10.0. The fourth-order valence-corrected chi connectivity index (χ4v) is 4.43. The van der Waals surface area contributed by atoms with Gasteiger partial charge in [-0.05, 0) is 30.0 Å². The highest BCUT2D eigenvalue weighted by atomic mass is 32.2. The highest BCUT2D eigenvalue weighted by Crippen LogP contribution is 2.18. The molecule has 0 aliphatic rings. The number of aliphatic hydroxyl groups is 1. The lowest BCUT2D eigenvalue weighted by molar-refractivity contribution is 0.116. The van der Waals surface area contributed by atoms with Gasteiger partial charge in [-0.1, -0.05) is 76.2 Å². The predicted molar refractivity (Wildman–Crippen MR) is 116 cm³/mol. The predicted octanol–water partition coefficient (Wildman–Crippen LogP) is 3.29. The second-order valence-corrected chi connectivity index (χ2v) is 8.89. The average molecular weight is 407 g/mol. The Balaban J connectivity index is 0.00000190. The van der Waals surface area contributed by atoms with E-state index in [2.05, 4.69) is 0 Å². The maximum atomic E-state index is 13.0. The minimum atomic E-state index is -3.68. The molecule has 5 nitrogen and oxygen atoms in total. The van der Waals surface area contributed by atoms with Gasteiger partial charge in [0.15, 0.2) is 0 Å². The van der Waals surface area contributed by atoms with E-state index in [0.717, 1.165) is 5.56 Å². The van der Waals surface area contributed by atoms with E-state index in [1.807, 2.05) is 58.0 Å². The molecule has 0 bridgehead atoms. The van der Waals surface area contributed by atoms with Crippen molar-refractivity contribution in [1.82, 2.24) is 4.31 Å². The van der Waals surface area contributed by atoms with E-state index in [1.165, 1.54) is 4.31 Å². The van der Waals surface area contributed by atoms with E-state index >= 15 is 0 Å². The molecule has 0 amide bonds. The molecule has 0 aliphatic carbocycles. The van der Waals surface area contributed by atoms with Gasteiger partial charge >= 0.3 is 0 Å². The van der Waals surface area contributed by atoms with Crippen molar-refractivity contribution in [2.45, 2.75) is 51.2 Å². The molecule has 0 radical (unpaired) electrons. The van der Waals surface area contributed by atoms with Crippen LogP contribution in [-0.4, -0.2) is 43.1 Å². The first-order chi connectivity index (χ1) is 13.3. The van der Waals surface area contributed by atoms with Crippen LogP contribution in [0.3, 0.4) is 0 Å². The Labute approximate surface area is 170 Å². The van der Waals surface area contributed by atoms with Crippen LogP contribution >= 0.6 is 0 Å². The SMILES string of the molecule is CC.CC(C)CN(CC(O)C(N)Cc1ccccc1)S(=O)(=O)c1ccccc1. The van der Waals surface area contributed by atoms with Gasteiger partial charge in [-0.2, -0.15) is 4.31 Å². The van der Waals surface area contributed by atoms with Gasteiger partial charge in [-0.15, -0.1) is 0 Å². The van der Waals surface area contributed by atoms with Crippen molar-refractivity contribution in [1.29, 1.82) is 0 Å². The van der Waals surface area contributed by atoms with E-state index < -0.39 is 22.2 Å². The molecule has 0 saturated heterocycles. The Hall–Kier alpha value is -1.73. The Morgan fingerprint density at radius 2 is 1.43 bits per heavy atom. The zero-order valence-corrected chi connectivity index (χ0v) is 18.1. The Kier molecular flexibility index (Phi) is 10.4. The first-order valence-electron chi connectivity index (χ1n) is 9.83. The van der Waals surface area contributed by atoms with Crippen LogP contribution in [0.2, 0.25) is 0 Å². The smallest absolute Gasteiger partial charge is 0.243 e. The summed E-state index contributed by atoms with van der Waals surface area (Å²) in [5, 5.41) is 10.5. The number of hydrogen-bond donors (Lipinski definition) is 2. The molecule has 0 spiro atoms. The van der Waals surface area contributed by atoms with Crippen LogP contribution < -0.4 is 5.73 Å². The monoisotopic (exact) mass is 406 g/mol. The van der Waals surface area contributed by atoms with E-state index in [-0.39, 0.29) is 17.4 Å². The van der Waals surface area contributed by atoms with E-state index in [4.69, 9.17) is 5.73 Å². The number of benzene rings is 2. The molecule has 2 atom stereocenters. The molecule has 0 aromatic heterocycles. The Morgan fingerprint density at radius 1 is 0.929 bits per heavy atom. The number of nitrogens with two attached hydrogens (primary N) is 1. The molecule has 2 aromatic carbocycles. The fourth-order valence-electron chi connectivity index (χ4n) is 2.79. The summed E-state index contributed by atoms with van der Waals surface area (Å²) in [7, 11) is -3.68. The van der Waals surface area contributed by atoms with E-state index in [9.17, 15) is 13.5 Å². The first kappa shape index (κ1) is 24.3. The van der Waals surface area contributed by atoms with Crippen LogP contribution in [0.5, 0.6) is 0 Å². The quantitative estimate of drug-likeness (QED) is 0.669. The number of sulfonamides is 1. The Morgan fingerprint density at radius 3 is 1.93 bits per heavy atom. The van der Waals surface area contributed by atoms with Crippen LogP contribution in [0.1, 0.15) is 33.3 Å². The zero-order valence-electron chi connectivity index (χ0n) is 17.3. The molecule has 0 heterocycles. The van der Waals surface area contributed by atoms with Crippen LogP contribution in [0.4, 0.5) is 0 Å². The van der Waals surface area contributed by atoms with Crippen molar-refractivity contribution in [2.75, 3.05) is 13.1 Å². The molecule has 28 heavy (non-hydrogen) atoms. The molecule has 2 rings (SSSR count). The highest BCUT2D eigenvalue weighted by molar-refractivity contribution is 7.89. The molecule has 0 aliphatic heterocycles. The molecule has 156 valence electrons. The molecule has 0 fully saturated rings. The van der Waals surface area contributed by atoms with Crippen molar-refractivity contribution in [3.63, 3.8) is 0 Å². The topological polar surface area (TPSA) is 83.6 Å². The Bertz CT molecular complexity index is 765. The van der Waals surface area contributed by atoms with E-state index in [1.54, 1.807) is 30.3 Å². The maximum Gasteiger partial charge on any atom is 0.243 e. The molecule has 6 heteroatoms. The third-order valence-electron chi connectivity index (χ3n) is 4.15. The third kappa shape index (κ3) is 7.36. The summed E-state index contributed by atoms with van der Waals surface area (Å²) in [6.45, 7) is 8.20. The van der Waals surface area contributed by atoms with Crippen LogP contribution in [0.25, 0.3) is 0 Å². The van der Waals surface area contributed by atoms with Crippen molar-refractivity contribution in [2.24, 2.45) is 11.7 Å². The van der Waals surface area contributed by atoms with Crippen LogP contribution in [-0.2, 0) is 16.4 Å². The molecular formula is C22H34N2O3S. The number of nitrogens with zero attached hydrogens (tertiary/aromatic N) is 1. The minimum Gasteiger partial charge on any atom is -0.390 e. The van der Waals surface area contributed by atoms with Gasteiger partial charge in [0.25, 0.3) is 0 Å². The summed E-state index contributed by atoms with van der Waals surface area (Å²) in [5.41, 5.74) is 7.15. The third-order valence-corrected chi connectivity index (χ3v) is 5.99. The van der Waals surface area contributed by atoms with Gasteiger partial charge in [0.1, 0.15) is 0 Å². The van der Waals surface area contributed by atoms with Gasteiger partial charge in [-0.3, -0.25) is 0 Å². The van der Waals surface area contributed by atoms with Gasteiger partial charge in [0, 0.05) is 19.1 Å². The lowest BCUT2D eigenvalue weighted by Crippen LogP contribution is -2.47. The van der Waals surface area contributed by atoms with Crippen molar-refractivity contribution >= 4 is 10.0 Å². The minimum absolute atomic E-state index is 0.0244. The second kappa shape index (κ2) is 12.0. The van der Waals surface area contributed by atoms with Crippen LogP contribution in [0.15, 0.2) is 65.6 Å². The molecule has 2 unspecified atom stereocenters. The molecule has 0 saturated carbocycles. The number of aliphatic hydroxyl groups excluding tert-OH is 1. The summed E-state index contributed by atoms with van der Waals surface area (Å²) < 4.78 is 27.3. The highest BCUT2D eigenvalue weighted by Gasteiger charge is 2.29. The van der Waals surface area contributed by atoms with Crippen molar-refractivity contribution in [3.05, 3.63) is 66.2 Å². The molecule has 3 N–H and O–H groups in total. The number of rotatable bonds is 9. The largest absolute Gasteiger partial charge is 0.390 e. The summed E-state index contributed by atoms with van der Waals surface area (Å²) in [5.74, 6) is 0.131. The maximum absolute atomic E-state index is 13.0. The second-order valence-electron chi connectivity index (χ2n) is 6.95. The molecule has 2 aromatic rings. The van der Waals surface area contributed by atoms with Crippen molar-refractivity contribution in [3.8, 4) is 0 Å². The average Bonchev–Trinajstić information content (AvgIpc) is 2.70. The summed E-state index contributed by atoms with van der Waals surface area (Å²) in [4.78, 5) is 0.226. The summed E-state index contributed by atoms with van der Waals surface area (Å²) in [6.07, 6.45) is -0.462. The number of hydrogen-bond acceptors (Lipinski definition) is 4. The normalized spacial score (nSPS) is 13.7. The van der Waals surface area contributed by atoms with Gasteiger partial charge in [0.05, 0.1) is 11.0 Å². The van der Waals surface area contributed by atoms with E-state index in [0.29, 0.717) is 13.0 Å². The molecular weight excluding hydrogens is 372 g/mol. The van der Waals surface area contributed by atoms with Crippen molar-refractivity contribution < 1.29 is 13.5 Å².